The third-order valence-electron chi connectivity index (χ3n) is 7.57. The van der Waals surface area contributed by atoms with Crippen LogP contribution >= 0.6 is 11.6 Å². The van der Waals surface area contributed by atoms with Gasteiger partial charge in [-0.2, -0.15) is 0 Å². The average Bonchev–Trinajstić information content (AvgIpc) is 3.33. The van der Waals surface area contributed by atoms with Crippen molar-refractivity contribution in [2.24, 2.45) is 0 Å². The third kappa shape index (κ3) is 5.89. The van der Waals surface area contributed by atoms with Crippen molar-refractivity contribution >= 4 is 44.6 Å². The van der Waals surface area contributed by atoms with Crippen LogP contribution < -0.4 is 10.1 Å². The van der Waals surface area contributed by atoms with Gasteiger partial charge in [0, 0.05) is 34.8 Å². The average molecular weight is 612 g/mol. The topological polar surface area (TPSA) is 127 Å². The van der Waals surface area contributed by atoms with E-state index in [1.54, 1.807) is 53.6 Å². The number of rotatable bonds is 7. The summed E-state index contributed by atoms with van der Waals surface area (Å²) in [5.74, 6) is 1.04. The zero-order chi connectivity index (χ0) is 30.2. The fraction of sp³-hybridized carbons (Fsp3) is 0.367. The van der Waals surface area contributed by atoms with Crippen LogP contribution in [0.25, 0.3) is 22.2 Å². The molecule has 0 aliphatic heterocycles. The number of carbonyl (C=O) groups is 1. The maximum absolute atomic E-state index is 13.6. The fourth-order valence-corrected chi connectivity index (χ4v) is 7.25. The van der Waals surface area contributed by atoms with E-state index in [1.807, 2.05) is 26.8 Å². The Morgan fingerprint density at radius 1 is 1.12 bits per heavy atom. The standard InChI is InChI=1S/C30H34ClN5O5S/c1-30(2,3)36(29(37)38)21-12-10-20(11-13-21)33-27-15-19(14-26(31)34-27)25-18-35(28-24(25)16-22(41-4)17-32-28)42(39,40)23-8-6-5-7-9-23/h5-9,14-18,20-21H,10-13H2,1-4H3,(H,33,34)(H,37,38)/t20-,21-. The molecule has 1 aliphatic carbocycles. The van der Waals surface area contributed by atoms with Gasteiger partial charge < -0.3 is 20.1 Å². The van der Waals surface area contributed by atoms with Gasteiger partial charge in [-0.1, -0.05) is 29.8 Å². The minimum Gasteiger partial charge on any atom is -0.495 e. The van der Waals surface area contributed by atoms with Crippen LogP contribution in [0.5, 0.6) is 5.75 Å². The summed E-state index contributed by atoms with van der Waals surface area (Å²) in [6.45, 7) is 5.74. The first kappa shape index (κ1) is 29.7. The van der Waals surface area contributed by atoms with Gasteiger partial charge in [0.05, 0.1) is 18.2 Å². The molecular weight excluding hydrogens is 578 g/mol. The number of carboxylic acid groups (broad SMARTS) is 1. The second kappa shape index (κ2) is 11.4. The van der Waals surface area contributed by atoms with Gasteiger partial charge in [0.15, 0.2) is 5.65 Å². The Hall–Kier alpha value is -3.83. The molecule has 3 aromatic heterocycles. The highest BCUT2D eigenvalue weighted by Crippen LogP contribution is 2.36. The van der Waals surface area contributed by atoms with E-state index in [-0.39, 0.29) is 27.8 Å². The number of anilines is 1. The van der Waals surface area contributed by atoms with Gasteiger partial charge in [-0.05, 0) is 82.3 Å². The monoisotopic (exact) mass is 611 g/mol. The molecular formula is C30H34ClN5O5S. The number of hydrogen-bond acceptors (Lipinski definition) is 7. The van der Waals surface area contributed by atoms with E-state index in [4.69, 9.17) is 16.3 Å². The summed E-state index contributed by atoms with van der Waals surface area (Å²) in [7, 11) is -2.42. The van der Waals surface area contributed by atoms with Crippen molar-refractivity contribution in [1.82, 2.24) is 18.8 Å². The van der Waals surface area contributed by atoms with Crippen LogP contribution in [0.3, 0.4) is 0 Å². The maximum atomic E-state index is 13.6. The van der Waals surface area contributed by atoms with Crippen molar-refractivity contribution in [3.05, 3.63) is 66.1 Å². The number of ether oxygens (including phenoxy) is 1. The molecule has 1 amide bonds. The van der Waals surface area contributed by atoms with Gasteiger partial charge in [0.2, 0.25) is 0 Å². The number of nitrogens with zero attached hydrogens (tertiary/aromatic N) is 4. The fourth-order valence-electron chi connectivity index (χ4n) is 5.70. The van der Waals surface area contributed by atoms with Crippen LogP contribution in [0.2, 0.25) is 5.15 Å². The van der Waals surface area contributed by atoms with Gasteiger partial charge in [-0.3, -0.25) is 0 Å². The van der Waals surface area contributed by atoms with Crippen molar-refractivity contribution < 1.29 is 23.1 Å². The predicted octanol–water partition coefficient (Wildman–Crippen LogP) is 6.50. The lowest BCUT2D eigenvalue weighted by Crippen LogP contribution is -2.52. The Bertz CT molecular complexity index is 1710. The second-order valence-corrected chi connectivity index (χ2v) is 13.6. The molecule has 1 saturated carbocycles. The molecule has 1 fully saturated rings. The van der Waals surface area contributed by atoms with Gasteiger partial charge >= 0.3 is 6.09 Å². The van der Waals surface area contributed by atoms with E-state index in [0.29, 0.717) is 28.1 Å². The van der Waals surface area contributed by atoms with E-state index >= 15 is 0 Å². The van der Waals surface area contributed by atoms with Crippen molar-refractivity contribution in [3.63, 3.8) is 0 Å². The van der Waals surface area contributed by atoms with Crippen LogP contribution in [0.15, 0.2) is 65.8 Å². The first-order valence-corrected chi connectivity index (χ1v) is 15.5. The summed E-state index contributed by atoms with van der Waals surface area (Å²) in [6.07, 6.45) is 5.12. The number of halogens is 1. The van der Waals surface area contributed by atoms with Crippen molar-refractivity contribution in [2.75, 3.05) is 12.4 Å². The predicted molar refractivity (Wildman–Crippen MR) is 163 cm³/mol. The molecule has 0 spiro atoms. The lowest BCUT2D eigenvalue weighted by molar-refractivity contribution is 0.0556. The number of nitrogens with one attached hydrogen (secondary N) is 1. The van der Waals surface area contributed by atoms with E-state index in [1.165, 1.54) is 17.3 Å². The molecule has 0 radical (unpaired) electrons. The number of hydrogen-bond donors (Lipinski definition) is 2. The molecule has 12 heteroatoms. The van der Waals surface area contributed by atoms with Crippen LogP contribution in [0.1, 0.15) is 46.5 Å². The van der Waals surface area contributed by atoms with Crippen LogP contribution in [0, 0.1) is 0 Å². The lowest BCUT2D eigenvalue weighted by Gasteiger charge is -2.42. The van der Waals surface area contributed by atoms with Gasteiger partial charge in [0.25, 0.3) is 10.0 Å². The second-order valence-electron chi connectivity index (χ2n) is 11.4. The molecule has 222 valence electrons. The zero-order valence-corrected chi connectivity index (χ0v) is 25.5. The molecule has 0 saturated heterocycles. The smallest absolute Gasteiger partial charge is 0.407 e. The Morgan fingerprint density at radius 3 is 2.43 bits per heavy atom. The lowest BCUT2D eigenvalue weighted by atomic mass is 9.88. The van der Waals surface area contributed by atoms with Gasteiger partial charge in [0.1, 0.15) is 16.7 Å². The van der Waals surface area contributed by atoms with Crippen molar-refractivity contribution in [3.8, 4) is 16.9 Å². The summed E-state index contributed by atoms with van der Waals surface area (Å²) >= 11 is 6.48. The van der Waals surface area contributed by atoms with Crippen LogP contribution in [-0.2, 0) is 10.0 Å². The quantitative estimate of drug-likeness (QED) is 0.227. The third-order valence-corrected chi connectivity index (χ3v) is 9.43. The highest BCUT2D eigenvalue weighted by Gasteiger charge is 2.35. The van der Waals surface area contributed by atoms with Gasteiger partial charge in [-0.15, -0.1) is 0 Å². The summed E-state index contributed by atoms with van der Waals surface area (Å²) in [5, 5.41) is 14.1. The highest BCUT2D eigenvalue weighted by atomic mass is 35.5. The minimum atomic E-state index is -3.94. The minimum absolute atomic E-state index is 0.0522. The van der Waals surface area contributed by atoms with E-state index in [2.05, 4.69) is 15.3 Å². The Kier molecular flexibility index (Phi) is 8.08. The number of fused-ring (bicyclic) bond motifs is 1. The first-order chi connectivity index (χ1) is 19.9. The highest BCUT2D eigenvalue weighted by molar-refractivity contribution is 7.90. The molecule has 4 aromatic rings. The van der Waals surface area contributed by atoms with Crippen molar-refractivity contribution in [2.45, 2.75) is 69.0 Å². The summed E-state index contributed by atoms with van der Waals surface area (Å²) < 4.78 is 33.8. The number of benzene rings is 1. The van der Waals surface area contributed by atoms with Gasteiger partial charge in [-0.25, -0.2) is 27.2 Å². The number of amides is 1. The van der Waals surface area contributed by atoms with Crippen LogP contribution in [0.4, 0.5) is 10.6 Å². The molecule has 2 N–H and O–H groups in total. The van der Waals surface area contributed by atoms with E-state index < -0.39 is 21.7 Å². The Balaban J connectivity index is 1.47. The normalized spacial score (nSPS) is 17.6. The summed E-state index contributed by atoms with van der Waals surface area (Å²) in [4.78, 5) is 22.5. The molecule has 5 rings (SSSR count). The first-order valence-electron chi connectivity index (χ1n) is 13.7. The van der Waals surface area contributed by atoms with E-state index in [9.17, 15) is 18.3 Å². The molecule has 0 unspecified atom stereocenters. The largest absolute Gasteiger partial charge is 0.495 e. The molecule has 0 bridgehead atoms. The summed E-state index contributed by atoms with van der Waals surface area (Å²) in [5.41, 5.74) is 1.05. The molecule has 3 heterocycles. The molecule has 10 nitrogen and oxygen atoms in total. The Morgan fingerprint density at radius 2 is 1.81 bits per heavy atom. The van der Waals surface area contributed by atoms with Crippen LogP contribution in [-0.4, -0.2) is 63.2 Å². The number of methoxy groups -OCH3 is 1. The molecule has 0 atom stereocenters. The van der Waals surface area contributed by atoms with Crippen molar-refractivity contribution in [1.29, 1.82) is 0 Å². The number of pyridine rings is 2. The number of aromatic nitrogens is 3. The SMILES string of the molecule is COc1cnc2c(c1)c(-c1cc(Cl)nc(N[C@H]3CC[C@H](N(C(=O)O)C(C)(C)C)CC3)c1)cn2S(=O)(=O)c1ccccc1. The molecule has 1 aliphatic rings. The zero-order valence-electron chi connectivity index (χ0n) is 23.9. The Labute approximate surface area is 250 Å². The van der Waals surface area contributed by atoms with E-state index in [0.717, 1.165) is 25.7 Å². The summed E-state index contributed by atoms with van der Waals surface area (Å²) in [6, 6.07) is 13.5. The molecule has 42 heavy (non-hydrogen) atoms. The maximum Gasteiger partial charge on any atom is 0.407 e. The molecule has 1 aromatic carbocycles.